The summed E-state index contributed by atoms with van der Waals surface area (Å²) >= 11 is 0. The molecule has 0 unspecified atom stereocenters. The number of carbonyl (C=O) groups excluding carboxylic acids is 1. The Kier molecular flexibility index (Phi) is 4.70. The molecule has 0 aromatic heterocycles. The number of nitrogens with zero attached hydrogens (tertiary/aromatic N) is 3. The van der Waals surface area contributed by atoms with Crippen molar-refractivity contribution in [3.8, 4) is 5.75 Å². The van der Waals surface area contributed by atoms with Crippen molar-refractivity contribution < 1.29 is 9.53 Å². The van der Waals surface area contributed by atoms with Gasteiger partial charge in [0.25, 0.3) is 0 Å². The Morgan fingerprint density at radius 1 is 1.00 bits per heavy atom. The standard InChI is InChI=1S/C19H28N4O2/c20-17-7-1-2-8-18(17)25-16-13-23(14-16)19(24)22-10-4-9-21(11-12-22)15-5-3-6-15/h1-2,7-8,15-16H,3-6,9-14,20H2. The number of benzene rings is 1. The second-order valence-electron chi connectivity index (χ2n) is 7.43. The fraction of sp³-hybridized carbons (Fsp3) is 0.632. The summed E-state index contributed by atoms with van der Waals surface area (Å²) in [5, 5.41) is 0. The van der Waals surface area contributed by atoms with E-state index in [-0.39, 0.29) is 12.1 Å². The molecule has 3 fully saturated rings. The molecule has 25 heavy (non-hydrogen) atoms. The number of nitrogen functional groups attached to an aromatic ring is 1. The van der Waals surface area contributed by atoms with E-state index in [0.29, 0.717) is 24.5 Å². The second-order valence-corrected chi connectivity index (χ2v) is 7.43. The second kappa shape index (κ2) is 7.12. The molecule has 6 nitrogen and oxygen atoms in total. The molecule has 2 aliphatic heterocycles. The van der Waals surface area contributed by atoms with Crippen molar-refractivity contribution in [2.24, 2.45) is 0 Å². The summed E-state index contributed by atoms with van der Waals surface area (Å²) in [7, 11) is 0. The van der Waals surface area contributed by atoms with Crippen LogP contribution >= 0.6 is 0 Å². The van der Waals surface area contributed by atoms with Gasteiger partial charge in [0.1, 0.15) is 11.9 Å². The van der Waals surface area contributed by atoms with Crippen molar-refractivity contribution in [3.05, 3.63) is 24.3 Å². The molecular formula is C19H28N4O2. The molecule has 0 spiro atoms. The van der Waals surface area contributed by atoms with Crippen molar-refractivity contribution in [1.82, 2.24) is 14.7 Å². The maximum Gasteiger partial charge on any atom is 0.320 e. The predicted octanol–water partition coefficient (Wildman–Crippen LogP) is 2.01. The fourth-order valence-electron chi connectivity index (χ4n) is 3.88. The van der Waals surface area contributed by atoms with Crippen LogP contribution in [0.1, 0.15) is 25.7 Å². The molecule has 6 heteroatoms. The zero-order valence-corrected chi connectivity index (χ0v) is 14.8. The minimum atomic E-state index is 0.0482. The van der Waals surface area contributed by atoms with E-state index in [4.69, 9.17) is 10.5 Å². The normalized spacial score (nSPS) is 22.9. The summed E-state index contributed by atoms with van der Waals surface area (Å²) in [6.07, 6.45) is 5.16. The third-order valence-corrected chi connectivity index (χ3v) is 5.72. The van der Waals surface area contributed by atoms with E-state index in [1.165, 1.54) is 19.3 Å². The van der Waals surface area contributed by atoms with Crippen LogP contribution in [0.3, 0.4) is 0 Å². The van der Waals surface area contributed by atoms with Crippen molar-refractivity contribution in [3.63, 3.8) is 0 Å². The monoisotopic (exact) mass is 344 g/mol. The number of para-hydroxylation sites is 2. The molecule has 2 amide bonds. The molecule has 2 N–H and O–H groups in total. The topological polar surface area (TPSA) is 62.0 Å². The molecule has 2 saturated heterocycles. The summed E-state index contributed by atoms with van der Waals surface area (Å²) in [5.74, 6) is 0.713. The van der Waals surface area contributed by atoms with Gasteiger partial charge in [-0.25, -0.2) is 4.79 Å². The molecule has 0 atom stereocenters. The lowest BCUT2D eigenvalue weighted by atomic mass is 9.91. The molecule has 136 valence electrons. The third kappa shape index (κ3) is 3.54. The van der Waals surface area contributed by atoms with E-state index in [0.717, 1.165) is 38.6 Å². The summed E-state index contributed by atoms with van der Waals surface area (Å²) in [4.78, 5) is 19.2. The Balaban J connectivity index is 1.25. The molecule has 1 aromatic carbocycles. The Hall–Kier alpha value is -1.95. The van der Waals surface area contributed by atoms with Gasteiger partial charge in [-0.2, -0.15) is 0 Å². The van der Waals surface area contributed by atoms with Crippen LogP contribution in [0.25, 0.3) is 0 Å². The SMILES string of the molecule is Nc1ccccc1OC1CN(C(=O)N2CCCN(C3CCC3)CC2)C1. The molecule has 1 saturated carbocycles. The average Bonchev–Trinajstić information content (AvgIpc) is 2.76. The minimum absolute atomic E-state index is 0.0482. The van der Waals surface area contributed by atoms with Gasteiger partial charge < -0.3 is 20.3 Å². The molecule has 1 aromatic rings. The van der Waals surface area contributed by atoms with Crippen LogP contribution in [0, 0.1) is 0 Å². The van der Waals surface area contributed by atoms with Gasteiger partial charge in [0.05, 0.1) is 18.8 Å². The number of likely N-dealkylation sites (tertiary alicyclic amines) is 1. The first-order chi connectivity index (χ1) is 12.2. The van der Waals surface area contributed by atoms with Crippen molar-refractivity contribution in [2.45, 2.75) is 37.8 Å². The molecule has 3 aliphatic rings. The van der Waals surface area contributed by atoms with Crippen LogP contribution < -0.4 is 10.5 Å². The van der Waals surface area contributed by atoms with Crippen LogP contribution in [-0.2, 0) is 0 Å². The average molecular weight is 344 g/mol. The van der Waals surface area contributed by atoms with E-state index >= 15 is 0 Å². The largest absolute Gasteiger partial charge is 0.485 e. The van der Waals surface area contributed by atoms with Crippen molar-refractivity contribution >= 4 is 11.7 Å². The maximum atomic E-state index is 12.7. The summed E-state index contributed by atoms with van der Waals surface area (Å²) in [5.41, 5.74) is 6.56. The lowest BCUT2D eigenvalue weighted by Gasteiger charge is -2.41. The van der Waals surface area contributed by atoms with Crippen LogP contribution in [0.5, 0.6) is 5.75 Å². The summed E-state index contributed by atoms with van der Waals surface area (Å²) in [6, 6.07) is 8.46. The lowest BCUT2D eigenvalue weighted by Crippen LogP contribution is -2.60. The fourth-order valence-corrected chi connectivity index (χ4v) is 3.88. The van der Waals surface area contributed by atoms with Gasteiger partial charge >= 0.3 is 6.03 Å². The number of ether oxygens (including phenoxy) is 1. The summed E-state index contributed by atoms with van der Waals surface area (Å²) < 4.78 is 5.90. The van der Waals surface area contributed by atoms with Crippen LogP contribution in [-0.4, -0.2) is 72.1 Å². The molecule has 4 rings (SSSR count). The van der Waals surface area contributed by atoms with Crippen LogP contribution in [0.15, 0.2) is 24.3 Å². The number of hydrogen-bond donors (Lipinski definition) is 1. The van der Waals surface area contributed by atoms with E-state index < -0.39 is 0 Å². The van der Waals surface area contributed by atoms with Gasteiger partial charge in [0.2, 0.25) is 0 Å². The van der Waals surface area contributed by atoms with E-state index in [9.17, 15) is 4.79 Å². The highest BCUT2D eigenvalue weighted by molar-refractivity contribution is 5.75. The molecule has 2 heterocycles. The van der Waals surface area contributed by atoms with Crippen molar-refractivity contribution in [1.29, 1.82) is 0 Å². The number of amides is 2. The van der Waals surface area contributed by atoms with Gasteiger partial charge in [-0.15, -0.1) is 0 Å². The van der Waals surface area contributed by atoms with Gasteiger partial charge in [0.15, 0.2) is 0 Å². The van der Waals surface area contributed by atoms with Crippen molar-refractivity contribution in [2.75, 3.05) is 45.0 Å². The first-order valence-electron chi connectivity index (χ1n) is 9.50. The van der Waals surface area contributed by atoms with Gasteiger partial charge in [0, 0.05) is 32.2 Å². The number of rotatable bonds is 3. The van der Waals surface area contributed by atoms with E-state index in [1.807, 2.05) is 34.1 Å². The Morgan fingerprint density at radius 2 is 1.80 bits per heavy atom. The number of anilines is 1. The molecule has 1 aliphatic carbocycles. The van der Waals surface area contributed by atoms with Crippen LogP contribution in [0.2, 0.25) is 0 Å². The molecular weight excluding hydrogens is 316 g/mol. The predicted molar refractivity (Wildman–Crippen MR) is 97.6 cm³/mol. The highest BCUT2D eigenvalue weighted by Gasteiger charge is 2.36. The van der Waals surface area contributed by atoms with Gasteiger partial charge in [-0.1, -0.05) is 18.6 Å². The third-order valence-electron chi connectivity index (χ3n) is 5.72. The zero-order valence-electron chi connectivity index (χ0n) is 14.8. The van der Waals surface area contributed by atoms with E-state index in [2.05, 4.69) is 4.90 Å². The number of urea groups is 1. The Morgan fingerprint density at radius 3 is 2.52 bits per heavy atom. The van der Waals surface area contributed by atoms with E-state index in [1.54, 1.807) is 0 Å². The maximum absolute atomic E-state index is 12.7. The smallest absolute Gasteiger partial charge is 0.320 e. The number of carbonyl (C=O) groups is 1. The number of nitrogens with two attached hydrogens (primary N) is 1. The zero-order chi connectivity index (χ0) is 17.2. The first kappa shape index (κ1) is 16.5. The van der Waals surface area contributed by atoms with Crippen LogP contribution in [0.4, 0.5) is 10.5 Å². The number of hydrogen-bond acceptors (Lipinski definition) is 4. The minimum Gasteiger partial charge on any atom is -0.485 e. The molecule has 0 radical (unpaired) electrons. The van der Waals surface area contributed by atoms with Gasteiger partial charge in [-0.3, -0.25) is 4.90 Å². The highest BCUT2D eigenvalue weighted by Crippen LogP contribution is 2.27. The first-order valence-corrected chi connectivity index (χ1v) is 9.50. The molecule has 0 bridgehead atoms. The Labute approximate surface area is 149 Å². The lowest BCUT2D eigenvalue weighted by molar-refractivity contribution is 0.0313. The van der Waals surface area contributed by atoms with Gasteiger partial charge in [-0.05, 0) is 31.4 Å². The quantitative estimate of drug-likeness (QED) is 0.852. The Bertz CT molecular complexity index is 613. The highest BCUT2D eigenvalue weighted by atomic mass is 16.5. The summed E-state index contributed by atoms with van der Waals surface area (Å²) in [6.45, 7) is 5.17.